The molecule has 0 spiro atoms. The van der Waals surface area contributed by atoms with Crippen molar-refractivity contribution in [2.24, 2.45) is 0 Å². The SMILES string of the molecule is O=C1COc2ccc(S(=O)(=O)Nc3ccc(F)c(Cl)c3)cc2N1Cc1noc(C2CCC2)n1. The smallest absolute Gasteiger partial charge is 0.265 e. The van der Waals surface area contributed by atoms with Gasteiger partial charge in [0.15, 0.2) is 12.4 Å². The van der Waals surface area contributed by atoms with Gasteiger partial charge in [-0.3, -0.25) is 14.4 Å². The second-order valence-electron chi connectivity index (χ2n) is 7.81. The van der Waals surface area contributed by atoms with Crippen LogP contribution >= 0.6 is 11.6 Å². The number of carbonyl (C=O) groups is 1. The summed E-state index contributed by atoms with van der Waals surface area (Å²) in [7, 11) is -4.07. The summed E-state index contributed by atoms with van der Waals surface area (Å²) in [6.45, 7) is -0.186. The number of ether oxygens (including phenoxy) is 1. The van der Waals surface area contributed by atoms with Crippen LogP contribution in [0.4, 0.5) is 15.8 Å². The Bertz CT molecular complexity index is 1340. The van der Waals surface area contributed by atoms with Gasteiger partial charge in [-0.15, -0.1) is 0 Å². The van der Waals surface area contributed by atoms with Crippen molar-refractivity contribution in [2.75, 3.05) is 16.2 Å². The number of carbonyl (C=O) groups excluding carboxylic acids is 1. The van der Waals surface area contributed by atoms with Crippen molar-refractivity contribution >= 4 is 38.9 Å². The van der Waals surface area contributed by atoms with Crippen molar-refractivity contribution in [2.45, 2.75) is 36.6 Å². The van der Waals surface area contributed by atoms with Crippen LogP contribution in [-0.2, 0) is 21.4 Å². The molecule has 0 saturated heterocycles. The fourth-order valence-electron chi connectivity index (χ4n) is 3.59. The van der Waals surface area contributed by atoms with Gasteiger partial charge in [0.2, 0.25) is 5.89 Å². The van der Waals surface area contributed by atoms with E-state index < -0.39 is 15.8 Å². The maximum absolute atomic E-state index is 13.4. The van der Waals surface area contributed by atoms with E-state index in [4.69, 9.17) is 20.9 Å². The predicted octanol–water partition coefficient (Wildman–Crippen LogP) is 3.86. The van der Waals surface area contributed by atoms with E-state index in [0.29, 0.717) is 17.5 Å². The fourth-order valence-corrected chi connectivity index (χ4v) is 4.84. The van der Waals surface area contributed by atoms with E-state index in [1.807, 2.05) is 0 Å². The van der Waals surface area contributed by atoms with Gasteiger partial charge in [-0.1, -0.05) is 23.2 Å². The highest BCUT2D eigenvalue weighted by Gasteiger charge is 2.31. The van der Waals surface area contributed by atoms with Crippen LogP contribution in [0, 0.1) is 5.82 Å². The van der Waals surface area contributed by atoms with Crippen LogP contribution in [0.1, 0.15) is 36.9 Å². The topological polar surface area (TPSA) is 115 Å². The molecule has 9 nitrogen and oxygen atoms in total. The Morgan fingerprint density at radius 2 is 2.03 bits per heavy atom. The standard InChI is InChI=1S/C21H18ClFN4O5S/c22-15-8-13(4-6-16(15)23)26-33(29,30)14-5-7-18-17(9-14)27(20(28)11-31-18)10-19-24-21(32-25-19)12-2-1-3-12/h4-9,12,26H,1-3,10-11H2. The average molecular weight is 493 g/mol. The molecule has 2 aliphatic rings. The lowest BCUT2D eigenvalue weighted by Gasteiger charge is -2.28. The van der Waals surface area contributed by atoms with Crippen LogP contribution in [0.5, 0.6) is 5.75 Å². The van der Waals surface area contributed by atoms with E-state index in [-0.39, 0.29) is 46.3 Å². The summed E-state index contributed by atoms with van der Waals surface area (Å²) in [5.41, 5.74) is 0.361. The Morgan fingerprint density at radius 3 is 2.76 bits per heavy atom. The third-order valence-corrected chi connectivity index (χ3v) is 7.26. The number of nitrogens with one attached hydrogen (secondary N) is 1. The zero-order valence-corrected chi connectivity index (χ0v) is 18.7. The number of rotatable bonds is 6. The zero-order chi connectivity index (χ0) is 23.2. The molecule has 0 bridgehead atoms. The molecule has 172 valence electrons. The van der Waals surface area contributed by atoms with Gasteiger partial charge in [0, 0.05) is 5.92 Å². The van der Waals surface area contributed by atoms with Crippen molar-refractivity contribution in [3.05, 3.63) is 59.0 Å². The molecule has 0 radical (unpaired) electrons. The molecule has 1 aliphatic carbocycles. The first kappa shape index (κ1) is 21.7. The van der Waals surface area contributed by atoms with E-state index in [1.54, 1.807) is 0 Å². The Hall–Kier alpha value is -3.18. The molecule has 0 atom stereocenters. The molecule has 5 rings (SSSR count). The Kier molecular flexibility index (Phi) is 5.45. The molecule has 1 saturated carbocycles. The molecule has 1 fully saturated rings. The summed E-state index contributed by atoms with van der Waals surface area (Å²) in [4.78, 5) is 18.2. The van der Waals surface area contributed by atoms with Crippen molar-refractivity contribution in [3.63, 3.8) is 0 Å². The van der Waals surface area contributed by atoms with Gasteiger partial charge < -0.3 is 9.26 Å². The third kappa shape index (κ3) is 4.25. The summed E-state index contributed by atoms with van der Waals surface area (Å²) < 4.78 is 52.4. The lowest BCUT2D eigenvalue weighted by Crippen LogP contribution is -2.38. The van der Waals surface area contributed by atoms with Crippen molar-refractivity contribution in [1.29, 1.82) is 0 Å². The number of benzene rings is 2. The summed E-state index contributed by atoms with van der Waals surface area (Å²) in [6, 6.07) is 7.63. The second-order valence-corrected chi connectivity index (χ2v) is 9.90. The molecule has 2 heterocycles. The first-order valence-electron chi connectivity index (χ1n) is 10.2. The maximum Gasteiger partial charge on any atom is 0.265 e. The number of fused-ring (bicyclic) bond motifs is 1. The van der Waals surface area contributed by atoms with Crippen molar-refractivity contribution < 1.29 is 26.9 Å². The predicted molar refractivity (Wildman–Crippen MR) is 116 cm³/mol. The number of sulfonamides is 1. The van der Waals surface area contributed by atoms with E-state index in [1.165, 1.54) is 35.2 Å². The minimum Gasteiger partial charge on any atom is -0.482 e. The summed E-state index contributed by atoms with van der Waals surface area (Å²) in [5, 5.41) is 3.75. The Morgan fingerprint density at radius 1 is 1.21 bits per heavy atom. The number of halogens is 2. The number of aromatic nitrogens is 2. The third-order valence-electron chi connectivity index (χ3n) is 5.59. The van der Waals surface area contributed by atoms with Gasteiger partial charge in [0.05, 0.1) is 27.8 Å². The monoisotopic (exact) mass is 492 g/mol. The van der Waals surface area contributed by atoms with E-state index in [9.17, 15) is 17.6 Å². The maximum atomic E-state index is 13.4. The minimum absolute atomic E-state index is 0.00983. The molecule has 1 aliphatic heterocycles. The number of nitrogens with zero attached hydrogens (tertiary/aromatic N) is 3. The van der Waals surface area contributed by atoms with E-state index in [0.717, 1.165) is 25.3 Å². The van der Waals surface area contributed by atoms with E-state index >= 15 is 0 Å². The average Bonchev–Trinajstić information content (AvgIpc) is 3.19. The van der Waals surface area contributed by atoms with Gasteiger partial charge in [-0.2, -0.15) is 4.98 Å². The van der Waals surface area contributed by atoms with Gasteiger partial charge in [0.1, 0.15) is 11.6 Å². The van der Waals surface area contributed by atoms with E-state index in [2.05, 4.69) is 14.9 Å². The number of hydrogen-bond donors (Lipinski definition) is 1. The van der Waals surface area contributed by atoms with Crippen LogP contribution in [-0.4, -0.2) is 31.1 Å². The number of anilines is 2. The number of hydrogen-bond acceptors (Lipinski definition) is 7. The minimum atomic E-state index is -4.07. The van der Waals surface area contributed by atoms with Crippen LogP contribution in [0.3, 0.4) is 0 Å². The molecule has 0 unspecified atom stereocenters. The fraction of sp³-hybridized carbons (Fsp3) is 0.286. The molecule has 12 heteroatoms. The van der Waals surface area contributed by atoms with Gasteiger partial charge in [0.25, 0.3) is 15.9 Å². The van der Waals surface area contributed by atoms with Gasteiger partial charge in [-0.05, 0) is 49.2 Å². The lowest BCUT2D eigenvalue weighted by molar-refractivity contribution is -0.121. The Labute approximate surface area is 193 Å². The summed E-state index contributed by atoms with van der Waals surface area (Å²) >= 11 is 5.74. The van der Waals surface area contributed by atoms with Crippen molar-refractivity contribution in [3.8, 4) is 5.75 Å². The summed E-state index contributed by atoms with van der Waals surface area (Å²) in [6.07, 6.45) is 3.11. The molecule has 33 heavy (non-hydrogen) atoms. The molecular weight excluding hydrogens is 475 g/mol. The first-order chi connectivity index (χ1) is 15.8. The molecule has 1 aromatic heterocycles. The molecular formula is C21H18ClFN4O5S. The molecule has 2 aromatic carbocycles. The zero-order valence-electron chi connectivity index (χ0n) is 17.1. The quantitative estimate of drug-likeness (QED) is 0.555. The van der Waals surface area contributed by atoms with Gasteiger partial charge >= 0.3 is 0 Å². The Balaban J connectivity index is 1.42. The molecule has 1 N–H and O–H groups in total. The van der Waals surface area contributed by atoms with Crippen LogP contribution in [0.15, 0.2) is 45.8 Å². The number of amides is 1. The molecule has 3 aromatic rings. The largest absolute Gasteiger partial charge is 0.482 e. The molecule has 1 amide bonds. The summed E-state index contributed by atoms with van der Waals surface area (Å²) in [5.74, 6) is 0.441. The first-order valence-corrected chi connectivity index (χ1v) is 12.0. The van der Waals surface area contributed by atoms with Crippen molar-refractivity contribution in [1.82, 2.24) is 10.1 Å². The van der Waals surface area contributed by atoms with Crippen LogP contribution < -0.4 is 14.4 Å². The normalized spacial score (nSPS) is 16.2. The highest BCUT2D eigenvalue weighted by Crippen LogP contribution is 2.37. The van der Waals surface area contributed by atoms with Crippen LogP contribution in [0.25, 0.3) is 0 Å². The highest BCUT2D eigenvalue weighted by molar-refractivity contribution is 7.92. The van der Waals surface area contributed by atoms with Crippen LogP contribution in [0.2, 0.25) is 5.02 Å². The van der Waals surface area contributed by atoms with Gasteiger partial charge in [-0.25, -0.2) is 12.8 Å². The lowest BCUT2D eigenvalue weighted by atomic mass is 9.85. The second kappa shape index (κ2) is 8.31. The highest BCUT2D eigenvalue weighted by atomic mass is 35.5.